The summed E-state index contributed by atoms with van der Waals surface area (Å²) in [7, 11) is 0. The largest absolute Gasteiger partial charge is 0.326 e. The normalized spacial score (nSPS) is 21.3. The highest BCUT2D eigenvalue weighted by molar-refractivity contribution is 6.10. The van der Waals surface area contributed by atoms with Gasteiger partial charge in [0.1, 0.15) is 0 Å². The number of fused-ring (bicyclic) bond motifs is 4. The molecule has 0 saturated heterocycles. The third kappa shape index (κ3) is 6.38. The molecule has 0 bridgehead atoms. The summed E-state index contributed by atoms with van der Waals surface area (Å²) in [6, 6.07) is 35.3. The summed E-state index contributed by atoms with van der Waals surface area (Å²) >= 11 is 0. The number of allylic oxidation sites excluding steroid dienone is 10. The fourth-order valence-corrected chi connectivity index (χ4v) is 9.07. The third-order valence-corrected chi connectivity index (χ3v) is 12.0. The molecule has 10 rings (SSSR count). The van der Waals surface area contributed by atoms with Gasteiger partial charge < -0.3 is 11.2 Å². The van der Waals surface area contributed by atoms with Gasteiger partial charge >= 0.3 is 0 Å². The molecule has 0 fully saturated rings. The van der Waals surface area contributed by atoms with Crippen molar-refractivity contribution in [1.82, 2.24) is 10.4 Å². The van der Waals surface area contributed by atoms with Crippen molar-refractivity contribution in [2.24, 2.45) is 11.7 Å². The van der Waals surface area contributed by atoms with Gasteiger partial charge in [-0.05, 0) is 133 Å². The van der Waals surface area contributed by atoms with Crippen LogP contribution < -0.4 is 16.6 Å². The zero-order valence-electron chi connectivity index (χ0n) is 30.8. The van der Waals surface area contributed by atoms with Crippen molar-refractivity contribution in [3.05, 3.63) is 192 Å². The van der Waals surface area contributed by atoms with E-state index >= 15 is 0 Å². The number of hydrogen-bond acceptors (Lipinski definition) is 4. The summed E-state index contributed by atoms with van der Waals surface area (Å²) in [6.45, 7) is 0. The summed E-state index contributed by atoms with van der Waals surface area (Å²) in [5.41, 5.74) is 28.0. The van der Waals surface area contributed by atoms with Crippen molar-refractivity contribution >= 4 is 38.9 Å². The molecule has 4 heteroatoms. The van der Waals surface area contributed by atoms with Crippen LogP contribution in [-0.2, 0) is 6.42 Å². The van der Waals surface area contributed by atoms with E-state index in [0.29, 0.717) is 5.92 Å². The van der Waals surface area contributed by atoms with Crippen LogP contribution in [0.5, 0.6) is 0 Å². The average molecular weight is 713 g/mol. The first-order valence-corrected chi connectivity index (χ1v) is 19.7. The molecule has 4 nitrogen and oxygen atoms in total. The van der Waals surface area contributed by atoms with Gasteiger partial charge in [-0.3, -0.25) is 4.98 Å². The van der Waals surface area contributed by atoms with Gasteiger partial charge in [-0.1, -0.05) is 127 Å². The highest BCUT2D eigenvalue weighted by atomic mass is 15.4. The van der Waals surface area contributed by atoms with Crippen LogP contribution in [0.4, 0.5) is 5.69 Å². The molecule has 0 saturated carbocycles. The van der Waals surface area contributed by atoms with Crippen LogP contribution in [0.3, 0.4) is 0 Å². The molecular formula is C51H44N4. The molecule has 4 N–H and O–H groups in total. The van der Waals surface area contributed by atoms with Gasteiger partial charge in [0, 0.05) is 36.0 Å². The Hall–Kier alpha value is -6.07. The molecule has 1 heterocycles. The number of anilines is 1. The molecule has 4 atom stereocenters. The van der Waals surface area contributed by atoms with Gasteiger partial charge in [-0.25, -0.2) is 5.43 Å². The molecule has 268 valence electrons. The summed E-state index contributed by atoms with van der Waals surface area (Å²) in [5.74, 6) is 0.680. The van der Waals surface area contributed by atoms with E-state index in [-0.39, 0.29) is 18.0 Å². The maximum Gasteiger partial charge on any atom is 0.0592 e. The van der Waals surface area contributed by atoms with E-state index in [1.54, 1.807) is 6.20 Å². The molecule has 0 amide bonds. The van der Waals surface area contributed by atoms with E-state index in [4.69, 9.17) is 5.73 Å². The second kappa shape index (κ2) is 14.3. The van der Waals surface area contributed by atoms with E-state index < -0.39 is 0 Å². The zero-order valence-corrected chi connectivity index (χ0v) is 30.8. The summed E-state index contributed by atoms with van der Waals surface area (Å²) < 4.78 is 0. The van der Waals surface area contributed by atoms with Gasteiger partial charge in [-0.2, -0.15) is 0 Å². The lowest BCUT2D eigenvalue weighted by Gasteiger charge is -2.31. The highest BCUT2D eigenvalue weighted by Gasteiger charge is 2.28. The van der Waals surface area contributed by atoms with E-state index in [1.807, 2.05) is 12.3 Å². The van der Waals surface area contributed by atoms with E-state index in [9.17, 15) is 0 Å². The maximum absolute atomic E-state index is 6.93. The molecule has 6 aromatic rings. The van der Waals surface area contributed by atoms with Crippen molar-refractivity contribution < 1.29 is 0 Å². The quantitative estimate of drug-likeness (QED) is 0.114. The minimum Gasteiger partial charge on any atom is -0.326 e. The SMILES string of the molecule is NC1CC(c2ccc3c(C4=CCC5C=CC=CC5=C4)c4c(c(-c5ccc6ccccc6c5)c3c2)C=CCC4)C=CC1NNc1ccc(-c2cccnc2)cc1. The van der Waals surface area contributed by atoms with Crippen LogP contribution in [0, 0.1) is 5.92 Å². The second-order valence-electron chi connectivity index (χ2n) is 15.3. The van der Waals surface area contributed by atoms with Crippen molar-refractivity contribution in [2.45, 2.75) is 43.7 Å². The molecule has 4 aliphatic rings. The Bertz CT molecular complexity index is 2620. The van der Waals surface area contributed by atoms with E-state index in [1.165, 1.54) is 66.1 Å². The number of aromatic nitrogens is 1. The van der Waals surface area contributed by atoms with Gasteiger partial charge in [-0.15, -0.1) is 0 Å². The summed E-state index contributed by atoms with van der Waals surface area (Å²) in [4.78, 5) is 4.25. The third-order valence-electron chi connectivity index (χ3n) is 12.0. The lowest BCUT2D eigenvalue weighted by molar-refractivity contribution is 0.459. The fourth-order valence-electron chi connectivity index (χ4n) is 9.07. The lowest BCUT2D eigenvalue weighted by atomic mass is 9.76. The van der Waals surface area contributed by atoms with Crippen LogP contribution >= 0.6 is 0 Å². The zero-order chi connectivity index (χ0) is 36.7. The molecule has 0 aliphatic heterocycles. The van der Waals surface area contributed by atoms with E-state index in [0.717, 1.165) is 42.5 Å². The highest BCUT2D eigenvalue weighted by Crippen LogP contribution is 2.46. The molecule has 0 radical (unpaired) electrons. The number of nitrogens with one attached hydrogen (secondary N) is 2. The molecular weight excluding hydrogens is 669 g/mol. The monoisotopic (exact) mass is 712 g/mol. The van der Waals surface area contributed by atoms with E-state index in [2.05, 4.69) is 168 Å². The molecule has 1 aromatic heterocycles. The summed E-state index contributed by atoms with van der Waals surface area (Å²) in [6.07, 6.45) is 30.9. The predicted octanol–water partition coefficient (Wildman–Crippen LogP) is 11.5. The molecule has 4 aliphatic carbocycles. The average Bonchev–Trinajstić information content (AvgIpc) is 3.25. The topological polar surface area (TPSA) is 63.0 Å². The van der Waals surface area contributed by atoms with Crippen molar-refractivity contribution in [1.29, 1.82) is 0 Å². The molecule has 5 aromatic carbocycles. The maximum atomic E-state index is 6.93. The minimum atomic E-state index is -0.0561. The Labute approximate surface area is 323 Å². The molecule has 4 unspecified atom stereocenters. The van der Waals surface area contributed by atoms with Crippen molar-refractivity contribution in [2.75, 3.05) is 5.43 Å². The van der Waals surface area contributed by atoms with Gasteiger partial charge in [0.15, 0.2) is 0 Å². The Kier molecular flexibility index (Phi) is 8.71. The number of rotatable bonds is 7. The Morgan fingerprint density at radius 2 is 1.60 bits per heavy atom. The summed E-state index contributed by atoms with van der Waals surface area (Å²) in [5, 5.41) is 5.18. The number of benzene rings is 5. The van der Waals surface area contributed by atoms with Gasteiger partial charge in [0.2, 0.25) is 0 Å². The first-order chi connectivity index (χ1) is 27.2. The number of nitrogens with two attached hydrogens (primary N) is 1. The first-order valence-electron chi connectivity index (χ1n) is 19.7. The number of nitrogens with zero attached hydrogens (tertiary/aromatic N) is 1. The number of hydrogen-bond donors (Lipinski definition) is 3. The number of pyridine rings is 1. The minimum absolute atomic E-state index is 0.00501. The molecule has 55 heavy (non-hydrogen) atoms. The van der Waals surface area contributed by atoms with Crippen LogP contribution in [0.1, 0.15) is 47.4 Å². The number of hydrazine groups is 1. The van der Waals surface area contributed by atoms with Crippen LogP contribution in [0.2, 0.25) is 0 Å². The van der Waals surface area contributed by atoms with Gasteiger partial charge in [0.05, 0.1) is 6.04 Å². The fraction of sp³-hybridized carbons (Fsp3) is 0.157. The van der Waals surface area contributed by atoms with Crippen LogP contribution in [-0.4, -0.2) is 17.1 Å². The van der Waals surface area contributed by atoms with Crippen LogP contribution in [0.15, 0.2) is 170 Å². The van der Waals surface area contributed by atoms with Crippen LogP contribution in [0.25, 0.3) is 55.4 Å². The smallest absolute Gasteiger partial charge is 0.0592 e. The predicted molar refractivity (Wildman–Crippen MR) is 231 cm³/mol. The first kappa shape index (κ1) is 33.5. The lowest BCUT2D eigenvalue weighted by Crippen LogP contribution is -2.48. The van der Waals surface area contributed by atoms with Crippen molar-refractivity contribution in [3.63, 3.8) is 0 Å². The second-order valence-corrected chi connectivity index (χ2v) is 15.3. The van der Waals surface area contributed by atoms with Crippen molar-refractivity contribution in [3.8, 4) is 22.3 Å². The molecule has 0 spiro atoms. The van der Waals surface area contributed by atoms with Gasteiger partial charge in [0.25, 0.3) is 0 Å². The standard InChI is InChI=1S/C51H44N4/c52-48-31-39(22-26-49(48)55-54-43-23-19-35(20-24-43)42-12-7-27-53-32-42)38-21-25-46-47(30-38)51(41-18-16-34-9-2-4-11-37(34)29-41)45-14-6-5-13-44(45)50(46)40-17-15-33-8-1-3-10-36(33)28-40/h1-4,6-12,14,16-30,32-33,39,48-49,54-55H,5,13,15,31,52H2. The Morgan fingerprint density at radius 1 is 0.709 bits per heavy atom. The Morgan fingerprint density at radius 3 is 2.47 bits per heavy atom. The Balaban J connectivity index is 1.02.